The van der Waals surface area contributed by atoms with Gasteiger partial charge >= 0.3 is 0 Å². The Kier molecular flexibility index (Phi) is 1.64. The van der Waals surface area contributed by atoms with Crippen LogP contribution < -0.4 is 5.84 Å². The van der Waals surface area contributed by atoms with E-state index in [-0.39, 0.29) is 0 Å². The zero-order valence-corrected chi connectivity index (χ0v) is 6.12. The Morgan fingerprint density at radius 3 is 3.10 bits per heavy atom. The van der Waals surface area contributed by atoms with Crippen LogP contribution in [0.3, 0.4) is 0 Å². The standard InChI is InChI=1S/C7H14N2O/c8-9-4-5-10-7-3-1-2-6(7)9/h6-7H,1-5,8H2. The molecule has 1 saturated carbocycles. The number of nitrogens with zero attached hydrogens (tertiary/aromatic N) is 1. The molecule has 1 saturated heterocycles. The highest BCUT2D eigenvalue weighted by Crippen LogP contribution is 2.27. The third kappa shape index (κ3) is 0.944. The molecule has 1 aliphatic carbocycles. The molecule has 2 N–H and O–H groups in total. The molecule has 2 unspecified atom stereocenters. The summed E-state index contributed by atoms with van der Waals surface area (Å²) in [5.41, 5.74) is 0. The van der Waals surface area contributed by atoms with Crippen LogP contribution in [-0.2, 0) is 4.74 Å². The Labute approximate surface area is 61.1 Å². The molecule has 0 spiro atoms. The summed E-state index contributed by atoms with van der Waals surface area (Å²) in [7, 11) is 0. The van der Waals surface area contributed by atoms with E-state index < -0.39 is 0 Å². The molecular formula is C7H14N2O. The quantitative estimate of drug-likeness (QED) is 0.488. The molecule has 2 fully saturated rings. The molecule has 2 rings (SSSR count). The maximum atomic E-state index is 5.77. The van der Waals surface area contributed by atoms with Crippen molar-refractivity contribution in [1.29, 1.82) is 0 Å². The molecular weight excluding hydrogens is 128 g/mol. The zero-order chi connectivity index (χ0) is 6.97. The first kappa shape index (κ1) is 6.58. The van der Waals surface area contributed by atoms with E-state index in [4.69, 9.17) is 10.6 Å². The van der Waals surface area contributed by atoms with E-state index >= 15 is 0 Å². The first-order valence-electron chi connectivity index (χ1n) is 4.01. The summed E-state index contributed by atoms with van der Waals surface area (Å²) in [4.78, 5) is 0. The average molecular weight is 142 g/mol. The van der Waals surface area contributed by atoms with Crippen molar-refractivity contribution < 1.29 is 4.74 Å². The number of hydrazine groups is 1. The highest BCUT2D eigenvalue weighted by atomic mass is 16.5. The molecule has 1 aliphatic heterocycles. The summed E-state index contributed by atoms with van der Waals surface area (Å²) in [6.45, 7) is 1.72. The molecule has 10 heavy (non-hydrogen) atoms. The molecule has 0 bridgehead atoms. The van der Waals surface area contributed by atoms with Crippen molar-refractivity contribution in [1.82, 2.24) is 5.01 Å². The Hall–Kier alpha value is -0.120. The second kappa shape index (κ2) is 2.49. The summed E-state index contributed by atoms with van der Waals surface area (Å²) < 4.78 is 5.55. The van der Waals surface area contributed by atoms with Crippen LogP contribution in [0.5, 0.6) is 0 Å². The van der Waals surface area contributed by atoms with Crippen LogP contribution in [0.25, 0.3) is 0 Å². The smallest absolute Gasteiger partial charge is 0.0744 e. The summed E-state index contributed by atoms with van der Waals surface area (Å²) in [6.07, 6.45) is 4.15. The van der Waals surface area contributed by atoms with Gasteiger partial charge in [-0.05, 0) is 19.3 Å². The van der Waals surface area contributed by atoms with Gasteiger partial charge in [-0.2, -0.15) is 0 Å². The first-order chi connectivity index (χ1) is 4.88. The van der Waals surface area contributed by atoms with Crippen molar-refractivity contribution in [2.75, 3.05) is 13.2 Å². The Morgan fingerprint density at radius 1 is 1.40 bits per heavy atom. The maximum absolute atomic E-state index is 5.77. The predicted octanol–water partition coefficient (Wildman–Crippen LogP) is 0.113. The van der Waals surface area contributed by atoms with Crippen molar-refractivity contribution in [2.24, 2.45) is 5.84 Å². The summed E-state index contributed by atoms with van der Waals surface area (Å²) in [5, 5.41) is 1.95. The Bertz CT molecular complexity index is 129. The number of hydrogen-bond acceptors (Lipinski definition) is 3. The lowest BCUT2D eigenvalue weighted by Gasteiger charge is -2.33. The fourth-order valence-electron chi connectivity index (χ4n) is 1.96. The molecule has 0 aromatic heterocycles. The molecule has 3 heteroatoms. The van der Waals surface area contributed by atoms with E-state index in [1.807, 2.05) is 5.01 Å². The summed E-state index contributed by atoms with van der Waals surface area (Å²) >= 11 is 0. The molecule has 0 amide bonds. The predicted molar refractivity (Wildman–Crippen MR) is 38.3 cm³/mol. The van der Waals surface area contributed by atoms with Crippen LogP contribution in [0.1, 0.15) is 19.3 Å². The van der Waals surface area contributed by atoms with Gasteiger partial charge < -0.3 is 4.74 Å². The second-order valence-corrected chi connectivity index (χ2v) is 3.15. The van der Waals surface area contributed by atoms with Crippen LogP contribution in [0.2, 0.25) is 0 Å². The number of hydrogen-bond donors (Lipinski definition) is 1. The molecule has 3 nitrogen and oxygen atoms in total. The van der Waals surface area contributed by atoms with Gasteiger partial charge in [0, 0.05) is 6.54 Å². The lowest BCUT2D eigenvalue weighted by atomic mass is 10.2. The van der Waals surface area contributed by atoms with Gasteiger partial charge in [0.2, 0.25) is 0 Å². The van der Waals surface area contributed by atoms with Gasteiger partial charge in [0.05, 0.1) is 18.8 Å². The van der Waals surface area contributed by atoms with Crippen LogP contribution in [0.4, 0.5) is 0 Å². The highest BCUT2D eigenvalue weighted by Gasteiger charge is 2.34. The first-order valence-corrected chi connectivity index (χ1v) is 4.01. The average Bonchev–Trinajstić information content (AvgIpc) is 2.36. The number of nitrogens with two attached hydrogens (primary N) is 1. The van der Waals surface area contributed by atoms with E-state index in [1.54, 1.807) is 0 Å². The monoisotopic (exact) mass is 142 g/mol. The van der Waals surface area contributed by atoms with Crippen molar-refractivity contribution in [3.63, 3.8) is 0 Å². The largest absolute Gasteiger partial charge is 0.375 e. The van der Waals surface area contributed by atoms with Crippen LogP contribution in [0, 0.1) is 0 Å². The Morgan fingerprint density at radius 2 is 2.30 bits per heavy atom. The Balaban J connectivity index is 2.03. The van der Waals surface area contributed by atoms with Gasteiger partial charge in [-0.25, -0.2) is 5.01 Å². The zero-order valence-electron chi connectivity index (χ0n) is 6.12. The van der Waals surface area contributed by atoms with Gasteiger partial charge in [-0.1, -0.05) is 0 Å². The van der Waals surface area contributed by atoms with Crippen LogP contribution in [0.15, 0.2) is 0 Å². The van der Waals surface area contributed by atoms with Crippen LogP contribution >= 0.6 is 0 Å². The molecule has 58 valence electrons. The molecule has 0 aromatic carbocycles. The number of fused-ring (bicyclic) bond motifs is 1. The van der Waals surface area contributed by atoms with E-state index in [1.165, 1.54) is 19.3 Å². The number of rotatable bonds is 0. The molecule has 0 radical (unpaired) electrons. The molecule has 0 aromatic rings. The molecule has 2 atom stereocenters. The van der Waals surface area contributed by atoms with Gasteiger partial charge in [-0.3, -0.25) is 5.84 Å². The number of ether oxygens (including phenoxy) is 1. The van der Waals surface area contributed by atoms with Gasteiger partial charge in [-0.15, -0.1) is 0 Å². The fourth-order valence-corrected chi connectivity index (χ4v) is 1.96. The lowest BCUT2D eigenvalue weighted by Crippen LogP contribution is -2.52. The van der Waals surface area contributed by atoms with E-state index in [2.05, 4.69) is 0 Å². The van der Waals surface area contributed by atoms with Crippen molar-refractivity contribution in [3.05, 3.63) is 0 Å². The van der Waals surface area contributed by atoms with Crippen molar-refractivity contribution in [2.45, 2.75) is 31.4 Å². The molecule has 1 heterocycles. The summed E-state index contributed by atoms with van der Waals surface area (Å²) in [6, 6.07) is 0.522. The van der Waals surface area contributed by atoms with E-state index in [9.17, 15) is 0 Å². The lowest BCUT2D eigenvalue weighted by molar-refractivity contribution is -0.0561. The minimum absolute atomic E-state index is 0.443. The normalized spacial score (nSPS) is 41.7. The fraction of sp³-hybridized carbons (Fsp3) is 1.00. The van der Waals surface area contributed by atoms with Gasteiger partial charge in [0.15, 0.2) is 0 Å². The maximum Gasteiger partial charge on any atom is 0.0744 e. The number of morpholine rings is 1. The van der Waals surface area contributed by atoms with Gasteiger partial charge in [0.1, 0.15) is 0 Å². The summed E-state index contributed by atoms with van der Waals surface area (Å²) in [5.74, 6) is 5.77. The minimum Gasteiger partial charge on any atom is -0.375 e. The second-order valence-electron chi connectivity index (χ2n) is 3.15. The van der Waals surface area contributed by atoms with Crippen molar-refractivity contribution >= 4 is 0 Å². The van der Waals surface area contributed by atoms with Crippen molar-refractivity contribution in [3.8, 4) is 0 Å². The topological polar surface area (TPSA) is 38.5 Å². The van der Waals surface area contributed by atoms with E-state index in [0.717, 1.165) is 13.2 Å². The molecule has 2 aliphatic rings. The SMILES string of the molecule is NN1CCOC2CCCC21. The van der Waals surface area contributed by atoms with Gasteiger partial charge in [0.25, 0.3) is 0 Å². The minimum atomic E-state index is 0.443. The third-order valence-electron chi connectivity index (χ3n) is 2.53. The highest BCUT2D eigenvalue weighted by molar-refractivity contribution is 4.86. The van der Waals surface area contributed by atoms with E-state index in [0.29, 0.717) is 12.1 Å². The third-order valence-corrected chi connectivity index (χ3v) is 2.53. The van der Waals surface area contributed by atoms with Crippen LogP contribution in [-0.4, -0.2) is 30.3 Å².